The number of ether oxygens (including phenoxy) is 1. The van der Waals surface area contributed by atoms with Crippen LogP contribution in [0.2, 0.25) is 0 Å². The maximum atomic E-state index is 11.3. The van der Waals surface area contributed by atoms with E-state index in [2.05, 4.69) is 26.9 Å². The van der Waals surface area contributed by atoms with Crippen LogP contribution in [0.15, 0.2) is 18.3 Å². The number of pyridine rings is 1. The fourth-order valence-corrected chi connectivity index (χ4v) is 2.08. The molecule has 0 unspecified atom stereocenters. The number of nitrogens with zero attached hydrogens (tertiary/aromatic N) is 2. The van der Waals surface area contributed by atoms with Crippen molar-refractivity contribution in [1.82, 2.24) is 15.2 Å². The predicted octanol–water partition coefficient (Wildman–Crippen LogP) is 0.662. The average Bonchev–Trinajstić information content (AvgIpc) is 2.41. The number of piperazine rings is 1. The van der Waals surface area contributed by atoms with E-state index in [-0.39, 0.29) is 5.97 Å². The molecule has 0 spiro atoms. The zero-order valence-electron chi connectivity index (χ0n) is 10.8. The summed E-state index contributed by atoms with van der Waals surface area (Å²) in [4.78, 5) is 18.0. The van der Waals surface area contributed by atoms with Gasteiger partial charge in [0.1, 0.15) is 0 Å². The van der Waals surface area contributed by atoms with Crippen LogP contribution in [-0.2, 0) is 11.3 Å². The third-order valence-electron chi connectivity index (χ3n) is 3.25. The number of esters is 1. The molecule has 0 aromatic carbocycles. The van der Waals surface area contributed by atoms with E-state index in [1.54, 1.807) is 12.3 Å². The van der Waals surface area contributed by atoms with Gasteiger partial charge in [-0.15, -0.1) is 0 Å². The van der Waals surface area contributed by atoms with Crippen molar-refractivity contribution in [2.75, 3.05) is 26.7 Å². The van der Waals surface area contributed by atoms with Gasteiger partial charge in [-0.3, -0.25) is 9.88 Å². The normalized spacial score (nSPS) is 20.7. The highest BCUT2D eigenvalue weighted by Gasteiger charge is 2.18. The molecule has 0 amide bonds. The monoisotopic (exact) mass is 249 g/mol. The molecule has 0 aliphatic carbocycles. The van der Waals surface area contributed by atoms with Crippen LogP contribution in [0.1, 0.15) is 23.0 Å². The summed E-state index contributed by atoms with van der Waals surface area (Å²) in [5.74, 6) is -0.343. The number of methoxy groups -OCH3 is 1. The van der Waals surface area contributed by atoms with Gasteiger partial charge in [0.15, 0.2) is 0 Å². The van der Waals surface area contributed by atoms with Gasteiger partial charge in [0.05, 0.1) is 18.4 Å². The van der Waals surface area contributed by atoms with Crippen LogP contribution in [0.4, 0.5) is 0 Å². The number of nitrogens with one attached hydrogen (secondary N) is 1. The number of carbonyl (C=O) groups excluding carboxylic acids is 1. The largest absolute Gasteiger partial charge is 0.465 e. The van der Waals surface area contributed by atoms with Crippen molar-refractivity contribution in [3.8, 4) is 0 Å². The number of rotatable bonds is 3. The highest BCUT2D eigenvalue weighted by atomic mass is 16.5. The Labute approximate surface area is 107 Å². The lowest BCUT2D eigenvalue weighted by atomic mass is 10.2. The molecule has 98 valence electrons. The van der Waals surface area contributed by atoms with Crippen LogP contribution >= 0.6 is 0 Å². The fourth-order valence-electron chi connectivity index (χ4n) is 2.08. The molecule has 1 N–H and O–H groups in total. The summed E-state index contributed by atoms with van der Waals surface area (Å²) < 4.78 is 4.65. The van der Waals surface area contributed by atoms with Crippen molar-refractivity contribution in [3.05, 3.63) is 29.6 Å². The predicted molar refractivity (Wildman–Crippen MR) is 68.3 cm³/mol. The van der Waals surface area contributed by atoms with E-state index in [1.165, 1.54) is 7.11 Å². The topological polar surface area (TPSA) is 54.5 Å². The highest BCUT2D eigenvalue weighted by Crippen LogP contribution is 2.09. The summed E-state index contributed by atoms with van der Waals surface area (Å²) in [5, 5.41) is 3.36. The Morgan fingerprint density at radius 2 is 2.44 bits per heavy atom. The molecule has 2 rings (SSSR count). The van der Waals surface area contributed by atoms with Crippen molar-refractivity contribution in [2.45, 2.75) is 19.5 Å². The molecule has 1 saturated heterocycles. The van der Waals surface area contributed by atoms with Gasteiger partial charge in [-0.05, 0) is 19.1 Å². The minimum atomic E-state index is -0.343. The number of carbonyl (C=O) groups is 1. The maximum Gasteiger partial charge on any atom is 0.339 e. The van der Waals surface area contributed by atoms with Crippen LogP contribution in [0.5, 0.6) is 0 Å². The standard InChI is InChI=1S/C13H19N3O2/c1-10-7-14-5-6-16(10)9-12-4-3-11(8-15-12)13(17)18-2/h3-4,8,10,14H,5-7,9H2,1-2H3/t10-/m0/s1. The molecule has 1 fully saturated rings. The van der Waals surface area contributed by atoms with Crippen LogP contribution in [0.3, 0.4) is 0 Å². The Morgan fingerprint density at radius 1 is 1.61 bits per heavy atom. The molecule has 1 atom stereocenters. The van der Waals surface area contributed by atoms with Gasteiger partial charge in [0.25, 0.3) is 0 Å². The Morgan fingerprint density at radius 3 is 3.06 bits per heavy atom. The SMILES string of the molecule is COC(=O)c1ccc(CN2CCNC[C@@H]2C)nc1. The lowest BCUT2D eigenvalue weighted by Gasteiger charge is -2.33. The van der Waals surface area contributed by atoms with E-state index in [0.29, 0.717) is 11.6 Å². The van der Waals surface area contributed by atoms with Crippen molar-refractivity contribution < 1.29 is 9.53 Å². The lowest BCUT2D eigenvalue weighted by Crippen LogP contribution is -2.49. The van der Waals surface area contributed by atoms with Crippen LogP contribution in [0, 0.1) is 0 Å². The second-order valence-corrected chi connectivity index (χ2v) is 4.55. The van der Waals surface area contributed by atoms with E-state index in [0.717, 1.165) is 31.9 Å². The van der Waals surface area contributed by atoms with Crippen LogP contribution in [0.25, 0.3) is 0 Å². The minimum Gasteiger partial charge on any atom is -0.465 e. The Balaban J connectivity index is 1.99. The zero-order chi connectivity index (χ0) is 13.0. The molecule has 0 bridgehead atoms. The zero-order valence-corrected chi connectivity index (χ0v) is 10.8. The van der Waals surface area contributed by atoms with Gasteiger partial charge in [-0.25, -0.2) is 4.79 Å². The molecular formula is C13H19N3O2. The Bertz CT molecular complexity index is 405. The number of hydrogen-bond donors (Lipinski definition) is 1. The van der Waals surface area contributed by atoms with E-state index in [9.17, 15) is 4.79 Å². The fraction of sp³-hybridized carbons (Fsp3) is 0.538. The summed E-state index contributed by atoms with van der Waals surface area (Å²) >= 11 is 0. The summed E-state index contributed by atoms with van der Waals surface area (Å²) in [6, 6.07) is 4.17. The van der Waals surface area contributed by atoms with Gasteiger partial charge in [-0.1, -0.05) is 0 Å². The molecule has 18 heavy (non-hydrogen) atoms. The molecule has 5 heteroatoms. The van der Waals surface area contributed by atoms with Gasteiger partial charge >= 0.3 is 5.97 Å². The third kappa shape index (κ3) is 3.05. The van der Waals surface area contributed by atoms with Gasteiger partial charge in [0.2, 0.25) is 0 Å². The van der Waals surface area contributed by atoms with Crippen LogP contribution < -0.4 is 5.32 Å². The molecular weight excluding hydrogens is 230 g/mol. The van der Waals surface area contributed by atoms with E-state index in [1.807, 2.05) is 6.07 Å². The Hall–Kier alpha value is -1.46. The van der Waals surface area contributed by atoms with Crippen molar-refractivity contribution in [2.24, 2.45) is 0 Å². The van der Waals surface area contributed by atoms with Crippen LogP contribution in [-0.4, -0.2) is 48.6 Å². The first-order chi connectivity index (χ1) is 8.70. The Kier molecular flexibility index (Phi) is 4.28. The molecule has 2 heterocycles. The average molecular weight is 249 g/mol. The van der Waals surface area contributed by atoms with E-state index < -0.39 is 0 Å². The van der Waals surface area contributed by atoms with Crippen molar-refractivity contribution >= 4 is 5.97 Å². The molecule has 1 aliphatic heterocycles. The summed E-state index contributed by atoms with van der Waals surface area (Å²) in [6.07, 6.45) is 1.58. The summed E-state index contributed by atoms with van der Waals surface area (Å²) in [6.45, 7) is 6.09. The van der Waals surface area contributed by atoms with Crippen molar-refractivity contribution in [3.63, 3.8) is 0 Å². The quantitative estimate of drug-likeness (QED) is 0.798. The smallest absolute Gasteiger partial charge is 0.339 e. The molecule has 0 radical (unpaired) electrons. The summed E-state index contributed by atoms with van der Waals surface area (Å²) in [5.41, 5.74) is 1.48. The van der Waals surface area contributed by atoms with Gasteiger partial charge < -0.3 is 10.1 Å². The second-order valence-electron chi connectivity index (χ2n) is 4.55. The van der Waals surface area contributed by atoms with E-state index in [4.69, 9.17) is 0 Å². The maximum absolute atomic E-state index is 11.3. The molecule has 5 nitrogen and oxygen atoms in total. The number of hydrogen-bond acceptors (Lipinski definition) is 5. The molecule has 1 aromatic heterocycles. The highest BCUT2D eigenvalue weighted by molar-refractivity contribution is 5.88. The molecule has 1 aliphatic rings. The first-order valence-electron chi connectivity index (χ1n) is 6.18. The second kappa shape index (κ2) is 5.93. The lowest BCUT2D eigenvalue weighted by molar-refractivity contribution is 0.0600. The summed E-state index contributed by atoms with van der Waals surface area (Å²) in [7, 11) is 1.37. The minimum absolute atomic E-state index is 0.343. The van der Waals surface area contributed by atoms with Crippen molar-refractivity contribution in [1.29, 1.82) is 0 Å². The molecule has 1 aromatic rings. The van der Waals surface area contributed by atoms with Gasteiger partial charge in [-0.2, -0.15) is 0 Å². The van der Waals surface area contributed by atoms with E-state index >= 15 is 0 Å². The van der Waals surface area contributed by atoms with Gasteiger partial charge in [0, 0.05) is 38.4 Å². The number of aromatic nitrogens is 1. The molecule has 0 saturated carbocycles. The first-order valence-corrected chi connectivity index (χ1v) is 6.18. The first kappa shape index (κ1) is 13.0. The third-order valence-corrected chi connectivity index (χ3v) is 3.25.